The van der Waals surface area contributed by atoms with Crippen LogP contribution in [-0.4, -0.2) is 78.3 Å². The molecular weight excluding hydrogens is 657 g/mol. The predicted octanol–water partition coefficient (Wildman–Crippen LogP) is 3.44. The van der Waals surface area contributed by atoms with Gasteiger partial charge in [0.05, 0.1) is 56.9 Å². The Kier molecular flexibility index (Phi) is 7.45. The van der Waals surface area contributed by atoms with Gasteiger partial charge in [0.1, 0.15) is 41.7 Å². The third-order valence-electron chi connectivity index (χ3n) is 9.76. The average Bonchev–Trinajstić information content (AvgIpc) is 3.83. The Morgan fingerprint density at radius 3 is 2.96 bits per heavy atom. The first kappa shape index (κ1) is 30.6. The van der Waals surface area contributed by atoms with Gasteiger partial charge < -0.3 is 35.3 Å². The maximum absolute atomic E-state index is 17.2. The van der Waals surface area contributed by atoms with Gasteiger partial charge in [-0.25, -0.2) is 13.2 Å². The molecule has 8 rings (SSSR count). The van der Waals surface area contributed by atoms with Crippen molar-refractivity contribution in [3.8, 4) is 22.9 Å². The fourth-order valence-electron chi connectivity index (χ4n) is 7.60. The summed E-state index contributed by atoms with van der Waals surface area (Å²) in [4.78, 5) is 8.57. The molecule has 3 saturated heterocycles. The van der Waals surface area contributed by atoms with Crippen LogP contribution in [0.4, 0.5) is 18.2 Å². The van der Waals surface area contributed by atoms with Gasteiger partial charge in [-0.3, -0.25) is 9.89 Å². The molecule has 10 nitrogen and oxygen atoms in total. The van der Waals surface area contributed by atoms with Crippen LogP contribution in [0.3, 0.4) is 0 Å². The number of nitrogens with zero attached hydrogens (tertiary/aromatic N) is 4. The van der Waals surface area contributed by atoms with E-state index in [-0.39, 0.29) is 71.7 Å². The van der Waals surface area contributed by atoms with Gasteiger partial charge in [-0.1, -0.05) is 17.7 Å². The minimum absolute atomic E-state index is 0.00186. The van der Waals surface area contributed by atoms with Crippen LogP contribution in [0, 0.1) is 23.0 Å². The molecular formula is C32H30ClF3N6O4S. The summed E-state index contributed by atoms with van der Waals surface area (Å²) in [6.45, 7) is 1.69. The van der Waals surface area contributed by atoms with Crippen molar-refractivity contribution in [3.05, 3.63) is 57.1 Å². The Morgan fingerprint density at radius 2 is 2.19 bits per heavy atom. The van der Waals surface area contributed by atoms with E-state index in [1.165, 1.54) is 6.07 Å². The molecule has 47 heavy (non-hydrogen) atoms. The molecule has 6 heterocycles. The van der Waals surface area contributed by atoms with Crippen molar-refractivity contribution in [2.75, 3.05) is 45.3 Å². The van der Waals surface area contributed by atoms with Gasteiger partial charge in [0.15, 0.2) is 11.6 Å². The molecule has 3 fully saturated rings. The lowest BCUT2D eigenvalue weighted by Gasteiger charge is -2.33. The molecule has 0 spiro atoms. The fourth-order valence-corrected chi connectivity index (χ4v) is 8.88. The second kappa shape index (κ2) is 11.5. The summed E-state index contributed by atoms with van der Waals surface area (Å²) in [7, 11) is 0. The number of nitrogens with two attached hydrogens (primary N) is 1. The highest BCUT2D eigenvalue weighted by Crippen LogP contribution is 2.45. The lowest BCUT2D eigenvalue weighted by molar-refractivity contribution is 0.0250. The van der Waals surface area contributed by atoms with E-state index < -0.39 is 36.1 Å². The van der Waals surface area contributed by atoms with Crippen molar-refractivity contribution in [2.45, 2.75) is 49.6 Å². The Balaban J connectivity index is 1.34. The zero-order valence-corrected chi connectivity index (χ0v) is 26.6. The summed E-state index contributed by atoms with van der Waals surface area (Å²) in [6.07, 6.45) is 2.45. The molecule has 4 atom stereocenters. The quantitative estimate of drug-likeness (QED) is 0.357. The van der Waals surface area contributed by atoms with E-state index >= 15 is 4.39 Å². The van der Waals surface area contributed by atoms with Gasteiger partial charge in [-0.15, -0.1) is 11.3 Å². The van der Waals surface area contributed by atoms with Crippen LogP contribution in [-0.2, 0) is 9.47 Å². The van der Waals surface area contributed by atoms with Crippen LogP contribution in [0.2, 0.25) is 5.02 Å². The minimum Gasteiger partial charge on any atom is -0.462 e. The monoisotopic (exact) mass is 686 g/mol. The van der Waals surface area contributed by atoms with Crippen molar-refractivity contribution in [2.24, 2.45) is 4.99 Å². The van der Waals surface area contributed by atoms with Crippen LogP contribution >= 0.6 is 22.9 Å². The molecule has 246 valence electrons. The summed E-state index contributed by atoms with van der Waals surface area (Å²) in [6, 6.07) is 4.32. The van der Waals surface area contributed by atoms with E-state index in [9.17, 15) is 19.1 Å². The maximum Gasteiger partial charge on any atom is 0.302 e. The third-order valence-corrected chi connectivity index (χ3v) is 11.2. The fraction of sp³-hybridized carbons (Fsp3) is 0.438. The molecule has 0 saturated carbocycles. The number of rotatable bonds is 6. The molecule has 5 aliphatic rings. The van der Waals surface area contributed by atoms with E-state index in [1.807, 2.05) is 11.0 Å². The number of nitriles is 1. The maximum atomic E-state index is 17.2. The highest BCUT2D eigenvalue weighted by molar-refractivity contribution is 7.23. The van der Waals surface area contributed by atoms with Gasteiger partial charge in [-0.05, 0) is 37.4 Å². The van der Waals surface area contributed by atoms with Crippen LogP contribution in [0.25, 0.3) is 27.0 Å². The van der Waals surface area contributed by atoms with E-state index in [2.05, 4.69) is 15.2 Å². The number of hydrogen-bond acceptors (Lipinski definition) is 11. The van der Waals surface area contributed by atoms with Crippen LogP contribution in [0.1, 0.15) is 31.2 Å². The second-order valence-electron chi connectivity index (χ2n) is 12.5. The number of thiophene rings is 1. The molecule has 0 radical (unpaired) electrons. The van der Waals surface area contributed by atoms with E-state index in [1.54, 1.807) is 6.20 Å². The number of aliphatic hydroxyl groups is 1. The summed E-state index contributed by atoms with van der Waals surface area (Å²) < 4.78 is 65.2. The standard InChI is InChI=1S/C32H30ClF3N6O4S/c33-25-23(17-2-3-19(35)29-22(17)18(9-37)30(38)47-29)26(36)28-24-27(25)39-20(12-43)40-31(24)42(16-4-7-44-13-16)11-21(46-28)45-14-32-5-1-6-41(32)10-15(34)8-32/h2-3,11,15-16,20,40,43H,1,4-8,10,12-14,38H2/t15-,16?,20?,32+/m1/s1. The Hall–Kier alpha value is -3.74. The number of halogens is 4. The number of fused-ring (bicyclic) bond motifs is 2. The molecule has 2 unspecified atom stereocenters. The highest BCUT2D eigenvalue weighted by Gasteiger charge is 2.49. The molecule has 1 aromatic heterocycles. The third kappa shape index (κ3) is 4.74. The number of benzene rings is 2. The van der Waals surface area contributed by atoms with Crippen molar-refractivity contribution in [1.82, 2.24) is 15.1 Å². The Bertz CT molecular complexity index is 2010. The largest absolute Gasteiger partial charge is 0.462 e. The predicted molar refractivity (Wildman–Crippen MR) is 168 cm³/mol. The first-order chi connectivity index (χ1) is 22.7. The first-order valence-corrected chi connectivity index (χ1v) is 16.6. The van der Waals surface area contributed by atoms with E-state index in [4.69, 9.17) is 31.5 Å². The molecule has 0 aliphatic carbocycles. The van der Waals surface area contributed by atoms with Gasteiger partial charge in [-0.2, -0.15) is 5.26 Å². The number of ether oxygens (including phenoxy) is 3. The number of alkyl halides is 1. The molecule has 2 aromatic carbocycles. The average molecular weight is 687 g/mol. The zero-order valence-electron chi connectivity index (χ0n) is 25.0. The van der Waals surface area contributed by atoms with Crippen molar-refractivity contribution in [3.63, 3.8) is 0 Å². The summed E-state index contributed by atoms with van der Waals surface area (Å²) >= 11 is 7.90. The summed E-state index contributed by atoms with van der Waals surface area (Å²) in [5.74, 6) is -1.41. The van der Waals surface area contributed by atoms with Crippen LogP contribution in [0.15, 0.2) is 29.3 Å². The molecule has 0 bridgehead atoms. The number of hydrogen-bond donors (Lipinski definition) is 3. The van der Waals surface area contributed by atoms with Crippen LogP contribution < -0.4 is 26.4 Å². The minimum atomic E-state index is -0.965. The lowest BCUT2D eigenvalue weighted by Crippen LogP contribution is -2.51. The Labute approximate surface area is 276 Å². The lowest BCUT2D eigenvalue weighted by atomic mass is 9.95. The van der Waals surface area contributed by atoms with E-state index in [0.29, 0.717) is 38.4 Å². The highest BCUT2D eigenvalue weighted by atomic mass is 35.5. The van der Waals surface area contributed by atoms with Crippen molar-refractivity contribution >= 4 is 43.8 Å². The van der Waals surface area contributed by atoms with E-state index in [0.717, 1.165) is 36.8 Å². The zero-order chi connectivity index (χ0) is 32.6. The van der Waals surface area contributed by atoms with Gasteiger partial charge in [0.2, 0.25) is 0 Å². The first-order valence-electron chi connectivity index (χ1n) is 15.4. The molecule has 3 aromatic rings. The number of anilines is 1. The van der Waals surface area contributed by atoms with Crippen LogP contribution in [0.5, 0.6) is 5.75 Å². The Morgan fingerprint density at radius 1 is 1.34 bits per heavy atom. The summed E-state index contributed by atoms with van der Waals surface area (Å²) in [5.41, 5.74) is 5.54. The molecule has 5 aliphatic heterocycles. The SMILES string of the molecule is N#Cc1c(N)sc2c(F)ccc(-c3c(F)c4c5c(c3Cl)=NC(CO)NC=5N(C3CCOC3)C=C(OC[C@@]35CCCN3C[C@H](F)C5)O4)c12. The van der Waals surface area contributed by atoms with Gasteiger partial charge in [0.25, 0.3) is 0 Å². The van der Waals surface area contributed by atoms with Gasteiger partial charge >= 0.3 is 5.95 Å². The second-order valence-corrected chi connectivity index (χ2v) is 13.9. The van der Waals surface area contributed by atoms with Crippen molar-refractivity contribution < 1.29 is 32.5 Å². The molecule has 0 amide bonds. The summed E-state index contributed by atoms with van der Waals surface area (Å²) in [5, 5.41) is 23.8. The topological polar surface area (TPSA) is 129 Å². The number of nitrogen functional groups attached to an aromatic ring is 1. The molecule has 4 N–H and O–H groups in total. The normalized spacial score (nSPS) is 26.6. The van der Waals surface area contributed by atoms with Gasteiger partial charge in [0, 0.05) is 30.5 Å². The smallest absolute Gasteiger partial charge is 0.302 e. The molecule has 15 heteroatoms. The number of nitrogens with one attached hydrogen (secondary N) is 1. The number of aliphatic hydroxyl groups excluding tert-OH is 1. The van der Waals surface area contributed by atoms with Crippen molar-refractivity contribution in [1.29, 1.82) is 5.26 Å².